The van der Waals surface area contributed by atoms with Gasteiger partial charge in [0.15, 0.2) is 6.10 Å². The van der Waals surface area contributed by atoms with Crippen molar-refractivity contribution in [3.63, 3.8) is 0 Å². The number of hydrogen-bond donors (Lipinski definition) is 0. The Balaban J connectivity index is 4.34. The Labute approximate surface area is 332 Å². The molecule has 0 amide bonds. The number of ether oxygens (including phenoxy) is 3. The maximum absolute atomic E-state index is 12.7. The van der Waals surface area contributed by atoms with Gasteiger partial charge in [-0.2, -0.15) is 0 Å². The third-order valence-corrected chi connectivity index (χ3v) is 9.73. The van der Waals surface area contributed by atoms with Crippen LogP contribution in [-0.2, 0) is 28.6 Å². The second kappa shape index (κ2) is 37.5. The van der Waals surface area contributed by atoms with Gasteiger partial charge in [0.2, 0.25) is 0 Å². The van der Waals surface area contributed by atoms with Crippen molar-refractivity contribution in [1.82, 2.24) is 0 Å². The Hall–Kier alpha value is -2.45. The average Bonchev–Trinajstić information content (AvgIpc) is 3.12. The van der Waals surface area contributed by atoms with Crippen molar-refractivity contribution in [3.8, 4) is 0 Å². The van der Waals surface area contributed by atoms with Gasteiger partial charge in [0.1, 0.15) is 12.6 Å². The van der Waals surface area contributed by atoms with E-state index in [0.717, 1.165) is 70.6 Å². The molecule has 0 saturated heterocycles. The summed E-state index contributed by atoms with van der Waals surface area (Å²) in [7, 11) is 5.40. The number of allylic oxidation sites excluding steroid dienone is 6. The van der Waals surface area contributed by atoms with Gasteiger partial charge in [-0.3, -0.25) is 9.59 Å². The summed E-state index contributed by atoms with van der Waals surface area (Å²) in [5, 5.41) is 11.6. The Kier molecular flexibility index (Phi) is 35.8. The van der Waals surface area contributed by atoms with Gasteiger partial charge < -0.3 is 28.6 Å². The summed E-state index contributed by atoms with van der Waals surface area (Å²) in [6, 6.07) is -0.728. The smallest absolute Gasteiger partial charge is 0.306 e. The van der Waals surface area contributed by atoms with Gasteiger partial charge in [0.05, 0.1) is 40.3 Å². The lowest BCUT2D eigenvalue weighted by Gasteiger charge is -2.34. The highest BCUT2D eigenvalue weighted by molar-refractivity contribution is 5.70. The van der Waals surface area contributed by atoms with E-state index in [1.165, 1.54) is 83.5 Å². The van der Waals surface area contributed by atoms with E-state index in [1.807, 2.05) is 0 Å². The Morgan fingerprint density at radius 1 is 0.556 bits per heavy atom. The number of carbonyl (C=O) groups is 3. The number of rotatable bonds is 39. The maximum atomic E-state index is 12.7. The topological polar surface area (TPSA) is 102 Å². The molecule has 0 aromatic heterocycles. The van der Waals surface area contributed by atoms with Crippen LogP contribution >= 0.6 is 0 Å². The van der Waals surface area contributed by atoms with E-state index < -0.39 is 18.1 Å². The van der Waals surface area contributed by atoms with Gasteiger partial charge in [0, 0.05) is 19.3 Å². The van der Waals surface area contributed by atoms with E-state index in [-0.39, 0.29) is 42.7 Å². The minimum atomic E-state index is -1.13. The first-order valence-corrected chi connectivity index (χ1v) is 22.0. The summed E-state index contributed by atoms with van der Waals surface area (Å²) in [6.07, 6.45) is 41.6. The molecular formula is C46H83NO7. The van der Waals surface area contributed by atoms with Crippen molar-refractivity contribution >= 4 is 17.9 Å². The largest absolute Gasteiger partial charge is 0.544 e. The van der Waals surface area contributed by atoms with Crippen molar-refractivity contribution in [1.29, 1.82) is 0 Å². The van der Waals surface area contributed by atoms with Crippen molar-refractivity contribution in [2.45, 2.75) is 199 Å². The van der Waals surface area contributed by atoms with Crippen LogP contribution in [0.15, 0.2) is 36.5 Å². The number of carboxylic acid groups (broad SMARTS) is 1. The lowest BCUT2D eigenvalue weighted by atomic mass is 10.1. The fourth-order valence-electron chi connectivity index (χ4n) is 6.28. The third kappa shape index (κ3) is 35.3. The molecule has 0 saturated carbocycles. The van der Waals surface area contributed by atoms with E-state index >= 15 is 0 Å². The summed E-state index contributed by atoms with van der Waals surface area (Å²) >= 11 is 0. The lowest BCUT2D eigenvalue weighted by Crippen LogP contribution is -2.55. The standard InChI is InChI=1S/C46H83NO7/c1-6-8-10-12-14-16-18-20-21-22-23-25-26-28-30-32-34-36-44(48)53-41-42(40-52-39-38-43(46(50)51)47(3,4)5)54-45(49)37-35-33-31-29-27-24-19-17-15-13-11-9-7-2/h11,13,17,19-21,42-43H,6-10,12,14-16,18,22-41H2,1-5H3/b13-11-,19-17-,21-20-. The molecule has 0 aromatic carbocycles. The summed E-state index contributed by atoms with van der Waals surface area (Å²) in [4.78, 5) is 36.8. The molecule has 0 bridgehead atoms. The molecule has 0 radical (unpaired) electrons. The van der Waals surface area contributed by atoms with Crippen LogP contribution in [0.5, 0.6) is 0 Å². The molecule has 54 heavy (non-hydrogen) atoms. The number of quaternary nitrogens is 1. The number of likely N-dealkylation sites (N-methyl/N-ethyl adjacent to an activating group) is 1. The van der Waals surface area contributed by atoms with Crippen molar-refractivity contribution < 1.29 is 38.2 Å². The van der Waals surface area contributed by atoms with Crippen LogP contribution in [0.3, 0.4) is 0 Å². The summed E-state index contributed by atoms with van der Waals surface area (Å²) < 4.78 is 17.1. The first-order chi connectivity index (χ1) is 26.1. The minimum Gasteiger partial charge on any atom is -0.544 e. The van der Waals surface area contributed by atoms with E-state index in [0.29, 0.717) is 12.8 Å². The molecule has 0 fully saturated rings. The molecule has 8 heteroatoms. The number of esters is 2. The minimum absolute atomic E-state index is 0.0345. The highest BCUT2D eigenvalue weighted by Gasteiger charge is 2.25. The zero-order valence-electron chi connectivity index (χ0n) is 35.6. The van der Waals surface area contributed by atoms with Gasteiger partial charge in [-0.15, -0.1) is 0 Å². The van der Waals surface area contributed by atoms with Crippen LogP contribution in [0.2, 0.25) is 0 Å². The molecule has 0 spiro atoms. The second-order valence-electron chi connectivity index (χ2n) is 15.9. The Morgan fingerprint density at radius 2 is 1.02 bits per heavy atom. The molecule has 0 aliphatic carbocycles. The highest BCUT2D eigenvalue weighted by Crippen LogP contribution is 2.14. The number of unbranched alkanes of at least 4 members (excludes halogenated alkanes) is 19. The van der Waals surface area contributed by atoms with Gasteiger partial charge in [-0.05, 0) is 64.2 Å². The van der Waals surface area contributed by atoms with Gasteiger partial charge in [-0.1, -0.05) is 140 Å². The predicted molar refractivity (Wildman–Crippen MR) is 222 cm³/mol. The summed E-state index contributed by atoms with van der Waals surface area (Å²) in [6.45, 7) is 4.57. The Morgan fingerprint density at radius 3 is 1.52 bits per heavy atom. The SMILES string of the molecule is CCC/C=C\C/C=C\CCCCCCCC(=O)OC(COCCC(C(=O)[O-])[N+](C)(C)C)COC(=O)CCCCCCCCC/C=C\CCCCCCCC. The average molecular weight is 762 g/mol. The first-order valence-electron chi connectivity index (χ1n) is 22.0. The van der Waals surface area contributed by atoms with Crippen molar-refractivity contribution in [2.75, 3.05) is 41.0 Å². The zero-order valence-corrected chi connectivity index (χ0v) is 35.6. The molecule has 0 aliphatic rings. The maximum Gasteiger partial charge on any atom is 0.306 e. The molecule has 2 atom stereocenters. The first kappa shape index (κ1) is 51.5. The highest BCUT2D eigenvalue weighted by atomic mass is 16.6. The van der Waals surface area contributed by atoms with Crippen molar-refractivity contribution in [3.05, 3.63) is 36.5 Å². The van der Waals surface area contributed by atoms with E-state index in [1.54, 1.807) is 21.1 Å². The third-order valence-electron chi connectivity index (χ3n) is 9.73. The van der Waals surface area contributed by atoms with Crippen LogP contribution in [0.4, 0.5) is 0 Å². The van der Waals surface area contributed by atoms with E-state index in [2.05, 4.69) is 50.3 Å². The predicted octanol–water partition coefficient (Wildman–Crippen LogP) is 10.5. The van der Waals surface area contributed by atoms with Crippen LogP contribution in [0.25, 0.3) is 0 Å². The van der Waals surface area contributed by atoms with E-state index in [9.17, 15) is 19.5 Å². The molecule has 0 N–H and O–H groups in total. The molecule has 8 nitrogen and oxygen atoms in total. The van der Waals surface area contributed by atoms with Crippen LogP contribution < -0.4 is 5.11 Å². The van der Waals surface area contributed by atoms with Crippen LogP contribution in [0, 0.1) is 0 Å². The lowest BCUT2D eigenvalue weighted by molar-refractivity contribution is -0.889. The summed E-state index contributed by atoms with van der Waals surface area (Å²) in [5.41, 5.74) is 0. The fourth-order valence-corrected chi connectivity index (χ4v) is 6.28. The molecular weight excluding hydrogens is 679 g/mol. The number of carboxylic acids is 1. The number of aliphatic carboxylic acids is 1. The van der Waals surface area contributed by atoms with Crippen LogP contribution in [-0.4, -0.2) is 75.5 Å². The molecule has 314 valence electrons. The quantitative estimate of drug-likeness (QED) is 0.0266. The second-order valence-corrected chi connectivity index (χ2v) is 15.9. The normalized spacial score (nSPS) is 13.3. The van der Waals surface area contributed by atoms with Gasteiger partial charge in [0.25, 0.3) is 0 Å². The Bertz CT molecular complexity index is 984. The summed E-state index contributed by atoms with van der Waals surface area (Å²) in [5.74, 6) is -1.76. The van der Waals surface area contributed by atoms with E-state index in [4.69, 9.17) is 14.2 Å². The molecule has 0 rings (SSSR count). The van der Waals surface area contributed by atoms with Gasteiger partial charge >= 0.3 is 11.9 Å². The molecule has 0 aliphatic heterocycles. The fraction of sp³-hybridized carbons (Fsp3) is 0.804. The van der Waals surface area contributed by atoms with Gasteiger partial charge in [-0.25, -0.2) is 0 Å². The van der Waals surface area contributed by atoms with Crippen molar-refractivity contribution in [2.24, 2.45) is 0 Å². The zero-order chi connectivity index (χ0) is 40.0. The molecule has 2 unspecified atom stereocenters. The molecule has 0 heterocycles. The number of nitrogens with zero attached hydrogens (tertiary/aromatic N) is 1. The number of hydrogen-bond acceptors (Lipinski definition) is 7. The monoisotopic (exact) mass is 762 g/mol. The molecule has 0 aromatic rings. The van der Waals surface area contributed by atoms with Crippen LogP contribution in [0.1, 0.15) is 187 Å². The number of carbonyl (C=O) groups excluding carboxylic acids is 3.